The maximum Gasteiger partial charge on any atom is 0.335 e. The molecule has 1 aliphatic heterocycles. The van der Waals surface area contributed by atoms with Crippen LogP contribution < -0.4 is 10.6 Å². The first kappa shape index (κ1) is 16.0. The van der Waals surface area contributed by atoms with Gasteiger partial charge in [-0.2, -0.15) is 0 Å². The maximum atomic E-state index is 11.9. The molecule has 0 radical (unpaired) electrons. The van der Waals surface area contributed by atoms with Crippen LogP contribution in [0, 0.1) is 0 Å². The highest BCUT2D eigenvalue weighted by Crippen LogP contribution is 2.14. The number of hydrogen-bond acceptors (Lipinski definition) is 3. The second-order valence-corrected chi connectivity index (χ2v) is 5.15. The maximum absolute atomic E-state index is 11.9. The van der Waals surface area contributed by atoms with Crippen LogP contribution in [0.4, 0.5) is 4.79 Å². The van der Waals surface area contributed by atoms with E-state index in [1.54, 1.807) is 18.2 Å². The Bertz CT molecular complexity index is 542. The lowest BCUT2D eigenvalue weighted by molar-refractivity contribution is 0.0240. The van der Waals surface area contributed by atoms with Gasteiger partial charge in [0.25, 0.3) is 0 Å². The van der Waals surface area contributed by atoms with Gasteiger partial charge in [-0.3, -0.25) is 0 Å². The number of urea groups is 1. The molecule has 1 aliphatic rings. The topological polar surface area (TPSA) is 87.7 Å². The minimum Gasteiger partial charge on any atom is -0.478 e. The molecule has 22 heavy (non-hydrogen) atoms. The Hall–Kier alpha value is -2.34. The van der Waals surface area contributed by atoms with E-state index in [0.717, 1.165) is 18.4 Å². The first-order valence-corrected chi connectivity index (χ1v) is 7.21. The Morgan fingerprint density at radius 3 is 2.73 bits per heavy atom. The van der Waals surface area contributed by atoms with E-state index >= 15 is 0 Å². The number of rotatable bonds is 5. The van der Waals surface area contributed by atoms with Gasteiger partial charge in [-0.1, -0.05) is 18.2 Å². The molecule has 2 rings (SSSR count). The van der Waals surface area contributed by atoms with Crippen LogP contribution in [-0.4, -0.2) is 35.9 Å². The van der Waals surface area contributed by atoms with E-state index < -0.39 is 5.97 Å². The normalized spacial score (nSPS) is 20.9. The monoisotopic (exact) mass is 304 g/mol. The third-order valence-electron chi connectivity index (χ3n) is 3.57. The van der Waals surface area contributed by atoms with Crippen LogP contribution in [0.25, 0.3) is 0 Å². The third kappa shape index (κ3) is 4.33. The van der Waals surface area contributed by atoms with Crippen LogP contribution in [0.2, 0.25) is 0 Å². The predicted octanol–water partition coefficient (Wildman–Crippen LogP) is 1.92. The number of aromatic carboxylic acids is 1. The second kappa shape index (κ2) is 7.61. The minimum atomic E-state index is -0.968. The lowest BCUT2D eigenvalue weighted by Crippen LogP contribution is -2.49. The van der Waals surface area contributed by atoms with Crippen LogP contribution in [0.3, 0.4) is 0 Å². The molecule has 1 aromatic carbocycles. The molecule has 2 atom stereocenters. The summed E-state index contributed by atoms with van der Waals surface area (Å²) in [5.74, 6) is -0.968. The zero-order valence-electron chi connectivity index (χ0n) is 12.2. The zero-order valence-corrected chi connectivity index (χ0v) is 12.2. The highest BCUT2D eigenvalue weighted by molar-refractivity contribution is 5.87. The van der Waals surface area contributed by atoms with Gasteiger partial charge in [-0.15, -0.1) is 6.58 Å². The molecule has 0 spiro atoms. The average molecular weight is 304 g/mol. The van der Waals surface area contributed by atoms with Crippen molar-refractivity contribution >= 4 is 12.0 Å². The zero-order chi connectivity index (χ0) is 15.9. The molecule has 1 fully saturated rings. The number of carboxylic acids is 1. The van der Waals surface area contributed by atoms with E-state index in [1.165, 1.54) is 12.1 Å². The van der Waals surface area contributed by atoms with Gasteiger partial charge in [0.2, 0.25) is 0 Å². The summed E-state index contributed by atoms with van der Waals surface area (Å²) >= 11 is 0. The number of ether oxygens (including phenoxy) is 1. The molecule has 0 unspecified atom stereocenters. The summed E-state index contributed by atoms with van der Waals surface area (Å²) in [6, 6.07) is 6.05. The number of benzene rings is 1. The summed E-state index contributed by atoms with van der Waals surface area (Å²) < 4.78 is 5.52. The standard InChI is InChI=1S/C16H20N2O4/c1-2-14-13(4-3-9-22-14)18-16(21)17-10-11-5-7-12(8-6-11)15(19)20/h2,5-8,13-14H,1,3-4,9-10H2,(H,19,20)(H2,17,18,21)/t13-,14+/m1/s1. The third-order valence-corrected chi connectivity index (χ3v) is 3.57. The Labute approximate surface area is 129 Å². The van der Waals surface area contributed by atoms with Crippen molar-refractivity contribution in [3.05, 3.63) is 48.0 Å². The smallest absolute Gasteiger partial charge is 0.335 e. The van der Waals surface area contributed by atoms with Crippen molar-refractivity contribution in [2.24, 2.45) is 0 Å². The molecule has 0 aliphatic carbocycles. The van der Waals surface area contributed by atoms with Crippen LogP contribution >= 0.6 is 0 Å². The summed E-state index contributed by atoms with van der Waals surface area (Å²) in [5.41, 5.74) is 1.06. The first-order chi connectivity index (χ1) is 10.6. The summed E-state index contributed by atoms with van der Waals surface area (Å²) in [6.45, 7) is 4.73. The van der Waals surface area contributed by atoms with E-state index in [9.17, 15) is 9.59 Å². The average Bonchev–Trinajstić information content (AvgIpc) is 2.54. The Balaban J connectivity index is 1.82. The quantitative estimate of drug-likeness (QED) is 0.725. The lowest BCUT2D eigenvalue weighted by Gasteiger charge is -2.30. The molecule has 118 valence electrons. The van der Waals surface area contributed by atoms with Gasteiger partial charge in [0.15, 0.2) is 0 Å². The molecule has 6 heteroatoms. The van der Waals surface area contributed by atoms with Gasteiger partial charge < -0.3 is 20.5 Å². The SMILES string of the molecule is C=C[C@@H]1OCCC[C@H]1NC(=O)NCc1ccc(C(=O)O)cc1. The van der Waals surface area contributed by atoms with Crippen molar-refractivity contribution in [2.75, 3.05) is 6.61 Å². The van der Waals surface area contributed by atoms with E-state index in [4.69, 9.17) is 9.84 Å². The van der Waals surface area contributed by atoms with Crippen LogP contribution in [0.15, 0.2) is 36.9 Å². The van der Waals surface area contributed by atoms with Crippen molar-refractivity contribution in [3.8, 4) is 0 Å². The fourth-order valence-corrected chi connectivity index (χ4v) is 2.36. The fraction of sp³-hybridized carbons (Fsp3) is 0.375. The van der Waals surface area contributed by atoms with Gasteiger partial charge in [-0.25, -0.2) is 9.59 Å². The molecule has 0 aromatic heterocycles. The van der Waals surface area contributed by atoms with Crippen molar-refractivity contribution in [2.45, 2.75) is 31.5 Å². The van der Waals surface area contributed by atoms with E-state index in [2.05, 4.69) is 17.2 Å². The van der Waals surface area contributed by atoms with Gasteiger partial charge in [0.1, 0.15) is 0 Å². The van der Waals surface area contributed by atoms with Crippen molar-refractivity contribution in [3.63, 3.8) is 0 Å². The van der Waals surface area contributed by atoms with Crippen molar-refractivity contribution in [1.29, 1.82) is 0 Å². The number of carbonyl (C=O) groups is 2. The molecule has 6 nitrogen and oxygen atoms in total. The molecule has 0 saturated carbocycles. The van der Waals surface area contributed by atoms with Crippen molar-refractivity contribution in [1.82, 2.24) is 10.6 Å². The molecule has 1 saturated heterocycles. The summed E-state index contributed by atoms with van der Waals surface area (Å²) in [6.07, 6.45) is 3.31. The summed E-state index contributed by atoms with van der Waals surface area (Å²) in [5, 5.41) is 14.5. The van der Waals surface area contributed by atoms with Crippen LogP contribution in [0.5, 0.6) is 0 Å². The lowest BCUT2D eigenvalue weighted by atomic mass is 10.0. The fourth-order valence-electron chi connectivity index (χ4n) is 2.36. The molecule has 3 N–H and O–H groups in total. The highest BCUT2D eigenvalue weighted by atomic mass is 16.5. The minimum absolute atomic E-state index is 0.0689. The second-order valence-electron chi connectivity index (χ2n) is 5.15. The Morgan fingerprint density at radius 2 is 2.09 bits per heavy atom. The summed E-state index contributed by atoms with van der Waals surface area (Å²) in [4.78, 5) is 22.7. The predicted molar refractivity (Wildman–Crippen MR) is 81.7 cm³/mol. The molecular formula is C16H20N2O4. The van der Waals surface area contributed by atoms with E-state index in [1.807, 2.05) is 0 Å². The molecule has 2 amide bonds. The van der Waals surface area contributed by atoms with Gasteiger partial charge in [0.05, 0.1) is 17.7 Å². The van der Waals surface area contributed by atoms with Crippen molar-refractivity contribution < 1.29 is 19.4 Å². The van der Waals surface area contributed by atoms with Crippen LogP contribution in [-0.2, 0) is 11.3 Å². The number of carboxylic acid groups (broad SMARTS) is 1. The van der Waals surface area contributed by atoms with Gasteiger partial charge in [0, 0.05) is 13.2 Å². The number of nitrogens with one attached hydrogen (secondary N) is 2. The number of amides is 2. The number of hydrogen-bond donors (Lipinski definition) is 3. The molecule has 1 heterocycles. The molecule has 1 aromatic rings. The van der Waals surface area contributed by atoms with Gasteiger partial charge >= 0.3 is 12.0 Å². The number of carbonyl (C=O) groups excluding carboxylic acids is 1. The van der Waals surface area contributed by atoms with E-state index in [0.29, 0.717) is 13.2 Å². The largest absolute Gasteiger partial charge is 0.478 e. The first-order valence-electron chi connectivity index (χ1n) is 7.21. The molecular weight excluding hydrogens is 284 g/mol. The van der Waals surface area contributed by atoms with Gasteiger partial charge in [-0.05, 0) is 30.5 Å². The summed E-state index contributed by atoms with van der Waals surface area (Å²) in [7, 11) is 0. The van der Waals surface area contributed by atoms with E-state index in [-0.39, 0.29) is 23.7 Å². The highest BCUT2D eigenvalue weighted by Gasteiger charge is 2.24. The Morgan fingerprint density at radius 1 is 1.36 bits per heavy atom. The van der Waals surface area contributed by atoms with Crippen LogP contribution in [0.1, 0.15) is 28.8 Å². The Kier molecular flexibility index (Phi) is 5.55. The molecule has 0 bridgehead atoms.